The van der Waals surface area contributed by atoms with Gasteiger partial charge >= 0.3 is 0 Å². The lowest BCUT2D eigenvalue weighted by Gasteiger charge is -2.33. The molecule has 1 aromatic rings. The van der Waals surface area contributed by atoms with E-state index in [1.165, 1.54) is 50.9 Å². The third-order valence-corrected chi connectivity index (χ3v) is 4.46. The van der Waals surface area contributed by atoms with E-state index in [4.69, 9.17) is 0 Å². The van der Waals surface area contributed by atoms with Crippen molar-refractivity contribution in [3.05, 3.63) is 35.9 Å². The minimum absolute atomic E-state index is 0.489. The molecule has 2 heteroatoms. The van der Waals surface area contributed by atoms with Crippen LogP contribution in [0.5, 0.6) is 0 Å². The molecule has 0 bridgehead atoms. The molecular weight excluding hydrogens is 232 g/mol. The number of benzene rings is 1. The molecule has 2 atom stereocenters. The second-order valence-corrected chi connectivity index (χ2v) is 5.76. The number of piperidine rings is 1. The largest absolute Gasteiger partial charge is 0.313 e. The van der Waals surface area contributed by atoms with Gasteiger partial charge in [0.2, 0.25) is 0 Å². The van der Waals surface area contributed by atoms with Crippen molar-refractivity contribution in [1.29, 1.82) is 0 Å². The number of likely N-dealkylation sites (tertiary alicyclic amines) is 1. The van der Waals surface area contributed by atoms with Crippen molar-refractivity contribution in [2.45, 2.75) is 38.6 Å². The normalized spacial score (nSPS) is 22.3. The summed E-state index contributed by atoms with van der Waals surface area (Å²) < 4.78 is 0. The lowest BCUT2D eigenvalue weighted by atomic mass is 9.95. The first-order valence-corrected chi connectivity index (χ1v) is 7.78. The smallest absolute Gasteiger partial charge is 0.0329 e. The van der Waals surface area contributed by atoms with Crippen LogP contribution in [0.1, 0.15) is 44.2 Å². The van der Waals surface area contributed by atoms with Crippen LogP contribution in [0.2, 0.25) is 0 Å². The minimum Gasteiger partial charge on any atom is -0.313 e. The second-order valence-electron chi connectivity index (χ2n) is 5.76. The highest BCUT2D eigenvalue weighted by Crippen LogP contribution is 2.21. The molecule has 0 aromatic heterocycles. The molecule has 1 aromatic carbocycles. The summed E-state index contributed by atoms with van der Waals surface area (Å²) in [6.45, 7) is 6.15. The molecule has 0 radical (unpaired) electrons. The van der Waals surface area contributed by atoms with Crippen LogP contribution in [-0.2, 0) is 0 Å². The molecule has 2 unspecified atom stereocenters. The summed E-state index contributed by atoms with van der Waals surface area (Å²) in [7, 11) is 2.07. The van der Waals surface area contributed by atoms with E-state index in [1.807, 2.05) is 0 Å². The van der Waals surface area contributed by atoms with E-state index in [9.17, 15) is 0 Å². The SMILES string of the molecule is CCC1CCCN(CCC(NC)c2ccccc2)C1. The van der Waals surface area contributed by atoms with E-state index in [1.54, 1.807) is 0 Å². The number of rotatable bonds is 6. The average molecular weight is 260 g/mol. The maximum Gasteiger partial charge on any atom is 0.0329 e. The van der Waals surface area contributed by atoms with Gasteiger partial charge in [0.1, 0.15) is 0 Å². The van der Waals surface area contributed by atoms with Crippen molar-refractivity contribution in [3.63, 3.8) is 0 Å². The van der Waals surface area contributed by atoms with Crippen LogP contribution >= 0.6 is 0 Å². The number of hydrogen-bond acceptors (Lipinski definition) is 2. The van der Waals surface area contributed by atoms with E-state index in [-0.39, 0.29) is 0 Å². The average Bonchev–Trinajstić information content (AvgIpc) is 2.49. The lowest BCUT2D eigenvalue weighted by Crippen LogP contribution is -2.37. The van der Waals surface area contributed by atoms with Gasteiger partial charge in [-0.2, -0.15) is 0 Å². The molecule has 106 valence electrons. The fourth-order valence-electron chi connectivity index (χ4n) is 3.16. The molecule has 1 heterocycles. The van der Waals surface area contributed by atoms with Gasteiger partial charge < -0.3 is 10.2 Å². The maximum atomic E-state index is 3.46. The van der Waals surface area contributed by atoms with Crippen LogP contribution in [0, 0.1) is 5.92 Å². The van der Waals surface area contributed by atoms with Crippen molar-refractivity contribution >= 4 is 0 Å². The van der Waals surface area contributed by atoms with Gasteiger partial charge in [0.15, 0.2) is 0 Å². The van der Waals surface area contributed by atoms with Crippen LogP contribution in [0.3, 0.4) is 0 Å². The maximum absolute atomic E-state index is 3.46. The van der Waals surface area contributed by atoms with E-state index in [2.05, 4.69) is 54.5 Å². The Morgan fingerprint density at radius 2 is 2.11 bits per heavy atom. The molecule has 1 aliphatic rings. The molecule has 2 nitrogen and oxygen atoms in total. The quantitative estimate of drug-likeness (QED) is 0.842. The molecule has 0 spiro atoms. The Labute approximate surface area is 118 Å². The topological polar surface area (TPSA) is 15.3 Å². The van der Waals surface area contributed by atoms with E-state index in [0.29, 0.717) is 6.04 Å². The Morgan fingerprint density at radius 3 is 2.79 bits per heavy atom. The monoisotopic (exact) mass is 260 g/mol. The molecule has 1 aliphatic heterocycles. The van der Waals surface area contributed by atoms with Crippen LogP contribution in [0.25, 0.3) is 0 Å². The van der Waals surface area contributed by atoms with Crippen LogP contribution in [-0.4, -0.2) is 31.6 Å². The van der Waals surface area contributed by atoms with Gasteiger partial charge in [-0.25, -0.2) is 0 Å². The highest BCUT2D eigenvalue weighted by molar-refractivity contribution is 5.18. The summed E-state index contributed by atoms with van der Waals surface area (Å²) in [5.74, 6) is 0.929. The minimum atomic E-state index is 0.489. The highest BCUT2D eigenvalue weighted by atomic mass is 15.1. The van der Waals surface area contributed by atoms with Gasteiger partial charge in [0, 0.05) is 12.6 Å². The number of hydrogen-bond donors (Lipinski definition) is 1. The van der Waals surface area contributed by atoms with Crippen molar-refractivity contribution in [2.24, 2.45) is 5.92 Å². The highest BCUT2D eigenvalue weighted by Gasteiger charge is 2.19. The molecule has 1 N–H and O–H groups in total. The van der Waals surface area contributed by atoms with Crippen molar-refractivity contribution in [3.8, 4) is 0 Å². The molecule has 0 amide bonds. The predicted octanol–water partition coefficient (Wildman–Crippen LogP) is 3.46. The van der Waals surface area contributed by atoms with Crippen molar-refractivity contribution in [2.75, 3.05) is 26.7 Å². The first-order valence-electron chi connectivity index (χ1n) is 7.78. The van der Waals surface area contributed by atoms with E-state index >= 15 is 0 Å². The molecule has 0 saturated carbocycles. The molecule has 0 aliphatic carbocycles. The van der Waals surface area contributed by atoms with Gasteiger partial charge in [-0.05, 0) is 50.9 Å². The Morgan fingerprint density at radius 1 is 1.32 bits per heavy atom. The Bertz CT molecular complexity index is 350. The molecular formula is C17H28N2. The summed E-state index contributed by atoms with van der Waals surface area (Å²) in [6, 6.07) is 11.3. The zero-order chi connectivity index (χ0) is 13.5. The first-order chi connectivity index (χ1) is 9.33. The standard InChI is InChI=1S/C17H28N2/c1-3-15-8-7-12-19(14-15)13-11-17(18-2)16-9-5-4-6-10-16/h4-6,9-10,15,17-18H,3,7-8,11-14H2,1-2H3. The number of nitrogens with one attached hydrogen (secondary N) is 1. The van der Waals surface area contributed by atoms with Gasteiger partial charge in [-0.3, -0.25) is 0 Å². The van der Waals surface area contributed by atoms with Crippen LogP contribution < -0.4 is 5.32 Å². The summed E-state index contributed by atoms with van der Waals surface area (Å²) in [4.78, 5) is 2.66. The van der Waals surface area contributed by atoms with E-state index in [0.717, 1.165) is 5.92 Å². The number of nitrogens with zero attached hydrogens (tertiary/aromatic N) is 1. The van der Waals surface area contributed by atoms with Gasteiger partial charge in [-0.15, -0.1) is 0 Å². The summed E-state index contributed by atoms with van der Waals surface area (Å²) in [6.07, 6.45) is 5.36. The molecule has 1 saturated heterocycles. The van der Waals surface area contributed by atoms with Crippen LogP contribution in [0.15, 0.2) is 30.3 Å². The summed E-state index contributed by atoms with van der Waals surface area (Å²) in [5.41, 5.74) is 1.41. The van der Waals surface area contributed by atoms with Crippen LogP contribution in [0.4, 0.5) is 0 Å². The third-order valence-electron chi connectivity index (χ3n) is 4.46. The molecule has 19 heavy (non-hydrogen) atoms. The summed E-state index contributed by atoms with van der Waals surface area (Å²) >= 11 is 0. The van der Waals surface area contributed by atoms with Gasteiger partial charge in [0.05, 0.1) is 0 Å². The van der Waals surface area contributed by atoms with Gasteiger partial charge in [-0.1, -0.05) is 43.7 Å². The first kappa shape index (κ1) is 14.5. The zero-order valence-electron chi connectivity index (χ0n) is 12.4. The lowest BCUT2D eigenvalue weighted by molar-refractivity contribution is 0.165. The fourth-order valence-corrected chi connectivity index (χ4v) is 3.16. The van der Waals surface area contributed by atoms with E-state index < -0.39 is 0 Å². The van der Waals surface area contributed by atoms with Gasteiger partial charge in [0.25, 0.3) is 0 Å². The van der Waals surface area contributed by atoms with Crippen molar-refractivity contribution in [1.82, 2.24) is 10.2 Å². The Hall–Kier alpha value is -0.860. The zero-order valence-corrected chi connectivity index (χ0v) is 12.4. The Kier molecular flexibility index (Phi) is 5.87. The molecule has 1 fully saturated rings. The predicted molar refractivity (Wildman–Crippen MR) is 82.3 cm³/mol. The third kappa shape index (κ3) is 4.32. The second kappa shape index (κ2) is 7.66. The fraction of sp³-hybridized carbons (Fsp3) is 0.647. The Balaban J connectivity index is 1.83. The molecule has 2 rings (SSSR count). The summed E-state index contributed by atoms with van der Waals surface area (Å²) in [5, 5.41) is 3.46. The van der Waals surface area contributed by atoms with Crippen molar-refractivity contribution < 1.29 is 0 Å².